The van der Waals surface area contributed by atoms with Crippen LogP contribution in [-0.4, -0.2) is 17.6 Å². The highest BCUT2D eigenvalue weighted by Crippen LogP contribution is 2.23. The first-order chi connectivity index (χ1) is 11.6. The van der Waals surface area contributed by atoms with Crippen LogP contribution in [0.1, 0.15) is 30.1 Å². The van der Waals surface area contributed by atoms with E-state index >= 15 is 0 Å². The van der Waals surface area contributed by atoms with Gasteiger partial charge in [-0.05, 0) is 49.0 Å². The average Bonchev–Trinajstić information content (AvgIpc) is 2.57. The fraction of sp³-hybridized carbons (Fsp3) is 0.222. The van der Waals surface area contributed by atoms with E-state index in [1.54, 1.807) is 12.1 Å². The standard InChI is InChI=1S/C18H19BrN2O2S/c1-2-3-11-23-16-10-9-13(19)12-15(16)17(22)21-18(24)20-14-7-5-4-6-8-14/h4-10,12H,2-3,11H2,1H3,(H2,20,21,22,24). The maximum absolute atomic E-state index is 12.5. The van der Waals surface area contributed by atoms with Crippen LogP contribution in [0, 0.1) is 0 Å². The monoisotopic (exact) mass is 406 g/mol. The molecule has 2 aromatic carbocycles. The van der Waals surface area contributed by atoms with Crippen LogP contribution >= 0.6 is 28.1 Å². The van der Waals surface area contributed by atoms with E-state index in [1.165, 1.54) is 0 Å². The van der Waals surface area contributed by atoms with Crippen LogP contribution in [0.25, 0.3) is 0 Å². The van der Waals surface area contributed by atoms with Crippen LogP contribution in [-0.2, 0) is 0 Å². The molecule has 0 saturated heterocycles. The molecule has 0 aliphatic heterocycles. The Morgan fingerprint density at radius 3 is 2.67 bits per heavy atom. The smallest absolute Gasteiger partial charge is 0.261 e. The average molecular weight is 407 g/mol. The zero-order valence-corrected chi connectivity index (χ0v) is 15.7. The van der Waals surface area contributed by atoms with Crippen molar-refractivity contribution in [1.82, 2.24) is 5.32 Å². The minimum Gasteiger partial charge on any atom is -0.493 e. The summed E-state index contributed by atoms with van der Waals surface area (Å²) >= 11 is 8.58. The molecule has 6 heteroatoms. The number of nitrogens with one attached hydrogen (secondary N) is 2. The van der Waals surface area contributed by atoms with E-state index in [-0.39, 0.29) is 11.0 Å². The molecule has 0 bridgehead atoms. The van der Waals surface area contributed by atoms with Gasteiger partial charge in [-0.2, -0.15) is 0 Å². The Morgan fingerprint density at radius 2 is 1.96 bits per heavy atom. The number of unbranched alkanes of at least 4 members (excludes halogenated alkanes) is 1. The SMILES string of the molecule is CCCCOc1ccc(Br)cc1C(=O)NC(=S)Nc1ccccc1. The molecule has 2 aromatic rings. The fourth-order valence-corrected chi connectivity index (χ4v) is 2.56. The molecule has 2 N–H and O–H groups in total. The van der Waals surface area contributed by atoms with E-state index in [4.69, 9.17) is 17.0 Å². The van der Waals surface area contributed by atoms with Gasteiger partial charge in [0.2, 0.25) is 0 Å². The molecule has 0 fully saturated rings. The minimum atomic E-state index is -0.309. The van der Waals surface area contributed by atoms with Crippen molar-refractivity contribution in [3.8, 4) is 5.75 Å². The van der Waals surface area contributed by atoms with Gasteiger partial charge < -0.3 is 10.1 Å². The molecule has 4 nitrogen and oxygen atoms in total. The quantitative estimate of drug-likeness (QED) is 0.536. The number of hydrogen-bond acceptors (Lipinski definition) is 3. The van der Waals surface area contributed by atoms with Gasteiger partial charge in [-0.1, -0.05) is 47.5 Å². The number of carbonyl (C=O) groups excluding carboxylic acids is 1. The molecule has 0 aliphatic carbocycles. The van der Waals surface area contributed by atoms with Crippen LogP contribution in [0.3, 0.4) is 0 Å². The van der Waals surface area contributed by atoms with Crippen LogP contribution in [0.2, 0.25) is 0 Å². The number of ether oxygens (including phenoxy) is 1. The molecular weight excluding hydrogens is 388 g/mol. The number of para-hydroxylation sites is 1. The second-order valence-electron chi connectivity index (χ2n) is 5.12. The van der Waals surface area contributed by atoms with E-state index in [2.05, 4.69) is 33.5 Å². The maximum Gasteiger partial charge on any atom is 0.261 e. The molecule has 0 spiro atoms. The van der Waals surface area contributed by atoms with Gasteiger partial charge in [0.25, 0.3) is 5.91 Å². The Bertz CT molecular complexity index is 707. The number of benzene rings is 2. The van der Waals surface area contributed by atoms with Crippen molar-refractivity contribution in [2.24, 2.45) is 0 Å². The van der Waals surface area contributed by atoms with Gasteiger partial charge in [-0.3, -0.25) is 10.1 Å². The van der Waals surface area contributed by atoms with Crippen molar-refractivity contribution in [2.45, 2.75) is 19.8 Å². The second-order valence-corrected chi connectivity index (χ2v) is 6.44. The van der Waals surface area contributed by atoms with Crippen molar-refractivity contribution in [2.75, 3.05) is 11.9 Å². The molecule has 2 rings (SSSR count). The molecule has 0 atom stereocenters. The van der Waals surface area contributed by atoms with E-state index in [9.17, 15) is 4.79 Å². The molecule has 24 heavy (non-hydrogen) atoms. The van der Waals surface area contributed by atoms with E-state index in [0.29, 0.717) is 17.9 Å². The number of thiocarbonyl (C=S) groups is 1. The van der Waals surface area contributed by atoms with Crippen LogP contribution in [0.5, 0.6) is 5.75 Å². The lowest BCUT2D eigenvalue weighted by atomic mass is 10.2. The molecule has 0 saturated carbocycles. The first-order valence-corrected chi connectivity index (χ1v) is 8.90. The summed E-state index contributed by atoms with van der Waals surface area (Å²) in [6.07, 6.45) is 1.97. The third-order valence-electron chi connectivity index (χ3n) is 3.20. The lowest BCUT2D eigenvalue weighted by Crippen LogP contribution is -2.34. The Morgan fingerprint density at radius 1 is 1.21 bits per heavy atom. The van der Waals surface area contributed by atoms with Crippen molar-refractivity contribution < 1.29 is 9.53 Å². The summed E-state index contributed by atoms with van der Waals surface area (Å²) in [5.74, 6) is 0.239. The fourth-order valence-electron chi connectivity index (χ4n) is 1.99. The molecule has 0 radical (unpaired) electrons. The normalized spacial score (nSPS) is 10.1. The van der Waals surface area contributed by atoms with Gasteiger partial charge in [0, 0.05) is 10.2 Å². The zero-order valence-electron chi connectivity index (χ0n) is 13.3. The highest BCUT2D eigenvalue weighted by Gasteiger charge is 2.15. The predicted octanol–water partition coefficient (Wildman–Crippen LogP) is 4.75. The Hall–Kier alpha value is -1.92. The minimum absolute atomic E-state index is 0.241. The van der Waals surface area contributed by atoms with E-state index < -0.39 is 0 Å². The van der Waals surface area contributed by atoms with Gasteiger partial charge in [0.1, 0.15) is 5.75 Å². The van der Waals surface area contributed by atoms with E-state index in [0.717, 1.165) is 23.0 Å². The van der Waals surface area contributed by atoms with Gasteiger partial charge in [0.05, 0.1) is 12.2 Å². The Labute approximate surface area is 155 Å². The highest BCUT2D eigenvalue weighted by molar-refractivity contribution is 9.10. The molecular formula is C18H19BrN2O2S. The number of amides is 1. The first-order valence-electron chi connectivity index (χ1n) is 7.70. The molecule has 1 amide bonds. The number of carbonyl (C=O) groups is 1. The van der Waals surface area contributed by atoms with Gasteiger partial charge in [-0.15, -0.1) is 0 Å². The molecule has 0 aliphatic rings. The van der Waals surface area contributed by atoms with Crippen molar-refractivity contribution in [3.05, 3.63) is 58.6 Å². The summed E-state index contributed by atoms with van der Waals surface area (Å²) in [5.41, 5.74) is 1.26. The van der Waals surface area contributed by atoms with E-state index in [1.807, 2.05) is 36.4 Å². The van der Waals surface area contributed by atoms with Gasteiger partial charge in [-0.25, -0.2) is 0 Å². The maximum atomic E-state index is 12.5. The summed E-state index contributed by atoms with van der Waals surface area (Å²) < 4.78 is 6.51. The van der Waals surface area contributed by atoms with Crippen molar-refractivity contribution in [1.29, 1.82) is 0 Å². The largest absolute Gasteiger partial charge is 0.493 e. The third kappa shape index (κ3) is 5.62. The highest BCUT2D eigenvalue weighted by atomic mass is 79.9. The predicted molar refractivity (Wildman–Crippen MR) is 105 cm³/mol. The molecule has 0 heterocycles. The van der Waals surface area contributed by atoms with Crippen molar-refractivity contribution >= 4 is 44.9 Å². The number of rotatable bonds is 6. The van der Waals surface area contributed by atoms with Gasteiger partial charge in [0.15, 0.2) is 5.11 Å². The lowest BCUT2D eigenvalue weighted by molar-refractivity contribution is 0.0973. The third-order valence-corrected chi connectivity index (χ3v) is 3.90. The number of halogens is 1. The first kappa shape index (κ1) is 18.4. The molecule has 0 unspecified atom stereocenters. The second kappa shape index (κ2) is 9.39. The summed E-state index contributed by atoms with van der Waals surface area (Å²) in [7, 11) is 0. The Kier molecular flexibility index (Phi) is 7.21. The van der Waals surface area contributed by atoms with Gasteiger partial charge >= 0.3 is 0 Å². The summed E-state index contributed by atoms with van der Waals surface area (Å²) in [6, 6.07) is 14.8. The number of hydrogen-bond donors (Lipinski definition) is 2. The summed E-state index contributed by atoms with van der Waals surface area (Å²) in [6.45, 7) is 2.66. The van der Waals surface area contributed by atoms with Crippen LogP contribution in [0.4, 0.5) is 5.69 Å². The zero-order chi connectivity index (χ0) is 17.4. The molecule has 126 valence electrons. The summed E-state index contributed by atoms with van der Waals surface area (Å²) in [4.78, 5) is 12.5. The van der Waals surface area contributed by atoms with Crippen LogP contribution < -0.4 is 15.4 Å². The lowest BCUT2D eigenvalue weighted by Gasteiger charge is -2.13. The topological polar surface area (TPSA) is 50.4 Å². The molecule has 0 aromatic heterocycles. The Balaban J connectivity index is 2.05. The van der Waals surface area contributed by atoms with Crippen LogP contribution in [0.15, 0.2) is 53.0 Å². The summed E-state index contributed by atoms with van der Waals surface area (Å²) in [5, 5.41) is 5.90. The van der Waals surface area contributed by atoms with Crippen molar-refractivity contribution in [3.63, 3.8) is 0 Å². The number of anilines is 1.